The number of hydrogen-bond acceptors (Lipinski definition) is 3. The molecule has 0 aliphatic carbocycles. The minimum Gasteiger partial charge on any atom is -0.370 e. The molecule has 0 bridgehead atoms. The Bertz CT molecular complexity index is 209. The fourth-order valence-corrected chi connectivity index (χ4v) is 0.832. The third-order valence-electron chi connectivity index (χ3n) is 0.736. The monoisotopic (exact) mass is 166 g/mol. The summed E-state index contributed by atoms with van der Waals surface area (Å²) in [4.78, 5) is 10.1. The molecule has 60 valence electrons. The lowest BCUT2D eigenvalue weighted by molar-refractivity contribution is -0.117. The zero-order chi connectivity index (χ0) is 8.20. The Morgan fingerprint density at radius 2 is 2.10 bits per heavy atom. The van der Waals surface area contributed by atoms with Crippen LogP contribution < -0.4 is 10.5 Å². The molecular weight excluding hydrogens is 156 g/mol. The fourth-order valence-electron chi connectivity index (χ4n) is 0.360. The first-order valence-corrected chi connectivity index (χ1v) is 4.54. The Kier molecular flexibility index (Phi) is 3.31. The van der Waals surface area contributed by atoms with E-state index in [1.165, 1.54) is 0 Å². The molecule has 10 heavy (non-hydrogen) atoms. The average molecular weight is 166 g/mol. The second-order valence-electron chi connectivity index (χ2n) is 1.88. The molecule has 0 aromatic carbocycles. The van der Waals surface area contributed by atoms with Crippen molar-refractivity contribution in [2.24, 2.45) is 5.73 Å². The van der Waals surface area contributed by atoms with Gasteiger partial charge in [0.15, 0.2) is 0 Å². The number of amides is 1. The van der Waals surface area contributed by atoms with E-state index in [0.717, 1.165) is 6.26 Å². The van der Waals surface area contributed by atoms with Crippen molar-refractivity contribution in [3.8, 4) is 0 Å². The van der Waals surface area contributed by atoms with Crippen LogP contribution in [0.15, 0.2) is 0 Å². The van der Waals surface area contributed by atoms with E-state index in [9.17, 15) is 13.2 Å². The zero-order valence-corrected chi connectivity index (χ0v) is 6.44. The van der Waals surface area contributed by atoms with Crippen LogP contribution >= 0.6 is 0 Å². The molecule has 5 nitrogen and oxygen atoms in total. The summed E-state index contributed by atoms with van der Waals surface area (Å²) in [5.74, 6) is -0.517. The van der Waals surface area contributed by atoms with E-state index in [2.05, 4.69) is 4.72 Å². The van der Waals surface area contributed by atoms with Gasteiger partial charge in [-0.25, -0.2) is 13.1 Å². The quantitative estimate of drug-likeness (QED) is 0.527. The molecule has 0 saturated heterocycles. The molecule has 0 fully saturated rings. The van der Waals surface area contributed by atoms with Crippen LogP contribution in [0, 0.1) is 0 Å². The van der Waals surface area contributed by atoms with Gasteiger partial charge in [-0.1, -0.05) is 0 Å². The highest BCUT2D eigenvalue weighted by Gasteiger charge is 1.99. The van der Waals surface area contributed by atoms with Crippen molar-refractivity contribution in [1.82, 2.24) is 4.72 Å². The van der Waals surface area contributed by atoms with Crippen molar-refractivity contribution in [3.05, 3.63) is 0 Å². The largest absolute Gasteiger partial charge is 0.370 e. The highest BCUT2D eigenvalue weighted by atomic mass is 32.2. The lowest BCUT2D eigenvalue weighted by atomic mass is 10.4. The van der Waals surface area contributed by atoms with Gasteiger partial charge in [-0.15, -0.1) is 0 Å². The van der Waals surface area contributed by atoms with Gasteiger partial charge in [0.1, 0.15) is 0 Å². The smallest absolute Gasteiger partial charge is 0.218 e. The van der Waals surface area contributed by atoms with Crippen molar-refractivity contribution in [1.29, 1.82) is 0 Å². The number of nitrogens with one attached hydrogen (secondary N) is 1. The third kappa shape index (κ3) is 7.38. The summed E-state index contributed by atoms with van der Waals surface area (Å²) in [6.45, 7) is 0.0775. The van der Waals surface area contributed by atoms with Gasteiger partial charge in [0.05, 0.1) is 6.26 Å². The molecule has 0 heterocycles. The molecule has 0 unspecified atom stereocenters. The highest BCUT2D eigenvalue weighted by molar-refractivity contribution is 7.88. The molecule has 0 rings (SSSR count). The molecule has 3 N–H and O–H groups in total. The molecule has 0 spiro atoms. The predicted molar refractivity (Wildman–Crippen MR) is 36.7 cm³/mol. The van der Waals surface area contributed by atoms with Crippen LogP contribution in [0.25, 0.3) is 0 Å². The minimum atomic E-state index is -3.18. The second-order valence-corrected chi connectivity index (χ2v) is 3.72. The van der Waals surface area contributed by atoms with E-state index in [1.807, 2.05) is 0 Å². The molecule has 0 aliphatic rings. The Hall–Kier alpha value is -0.620. The molecular formula is C4H10N2O3S. The van der Waals surface area contributed by atoms with Gasteiger partial charge in [-0.2, -0.15) is 0 Å². The van der Waals surface area contributed by atoms with Gasteiger partial charge >= 0.3 is 0 Å². The summed E-state index contributed by atoms with van der Waals surface area (Å²) in [6, 6.07) is 0. The molecule has 0 aromatic heterocycles. The fraction of sp³-hybridized carbons (Fsp3) is 0.750. The number of nitrogens with two attached hydrogens (primary N) is 1. The topological polar surface area (TPSA) is 89.3 Å². The second kappa shape index (κ2) is 3.52. The zero-order valence-electron chi connectivity index (χ0n) is 5.62. The minimum absolute atomic E-state index is 0.0348. The number of hydrogen-bond donors (Lipinski definition) is 2. The number of primary amides is 1. The molecule has 0 aliphatic heterocycles. The molecule has 6 heteroatoms. The average Bonchev–Trinajstić information content (AvgIpc) is 1.59. The van der Waals surface area contributed by atoms with Crippen LogP contribution in [0.4, 0.5) is 0 Å². The summed E-state index contributed by atoms with van der Waals surface area (Å²) >= 11 is 0. The van der Waals surface area contributed by atoms with Crippen LogP contribution in [0.2, 0.25) is 0 Å². The normalized spacial score (nSPS) is 11.3. The summed E-state index contributed by atoms with van der Waals surface area (Å²) in [7, 11) is -3.18. The van der Waals surface area contributed by atoms with Gasteiger partial charge in [0.25, 0.3) is 0 Å². The van der Waals surface area contributed by atoms with Gasteiger partial charge in [0, 0.05) is 13.0 Å². The number of carbonyl (C=O) groups excluding carboxylic acids is 1. The first kappa shape index (κ1) is 9.38. The summed E-state index contributed by atoms with van der Waals surface area (Å²) in [5, 5.41) is 0. The SMILES string of the molecule is CS(=O)(=O)NCCC(N)=O. The summed E-state index contributed by atoms with van der Waals surface area (Å²) < 4.78 is 22.8. The van der Waals surface area contributed by atoms with Crippen molar-refractivity contribution in [3.63, 3.8) is 0 Å². The number of sulfonamides is 1. The van der Waals surface area contributed by atoms with Crippen LogP contribution in [-0.2, 0) is 14.8 Å². The van der Waals surface area contributed by atoms with Gasteiger partial charge < -0.3 is 5.73 Å². The van der Waals surface area contributed by atoms with Crippen LogP contribution in [0.3, 0.4) is 0 Å². The first-order valence-electron chi connectivity index (χ1n) is 2.65. The van der Waals surface area contributed by atoms with Crippen LogP contribution in [0.1, 0.15) is 6.42 Å². The Morgan fingerprint density at radius 3 is 2.40 bits per heavy atom. The van der Waals surface area contributed by atoms with E-state index in [0.29, 0.717) is 0 Å². The third-order valence-corrected chi connectivity index (χ3v) is 1.46. The number of rotatable bonds is 4. The summed E-state index contributed by atoms with van der Waals surface area (Å²) in [5.41, 5.74) is 4.75. The molecule has 0 radical (unpaired) electrons. The molecule has 0 atom stereocenters. The standard InChI is InChI=1S/C4H10N2O3S/c1-10(8,9)6-3-2-4(5)7/h6H,2-3H2,1H3,(H2,5,7). The predicted octanol–water partition coefficient (Wildman–Crippen LogP) is -1.59. The van der Waals surface area contributed by atoms with Gasteiger partial charge in [0.2, 0.25) is 15.9 Å². The van der Waals surface area contributed by atoms with Crippen molar-refractivity contribution in [2.75, 3.05) is 12.8 Å². The van der Waals surface area contributed by atoms with Crippen molar-refractivity contribution in [2.45, 2.75) is 6.42 Å². The van der Waals surface area contributed by atoms with E-state index in [-0.39, 0.29) is 13.0 Å². The van der Waals surface area contributed by atoms with E-state index >= 15 is 0 Å². The van der Waals surface area contributed by atoms with Crippen molar-refractivity contribution >= 4 is 15.9 Å². The lowest BCUT2D eigenvalue weighted by Gasteiger charge is -1.97. The molecule has 1 amide bonds. The molecule has 0 aromatic rings. The maximum Gasteiger partial charge on any atom is 0.218 e. The van der Waals surface area contributed by atoms with E-state index < -0.39 is 15.9 Å². The van der Waals surface area contributed by atoms with Crippen LogP contribution in [-0.4, -0.2) is 27.1 Å². The first-order chi connectivity index (χ1) is 4.42. The Balaban J connectivity index is 3.49. The maximum atomic E-state index is 10.3. The van der Waals surface area contributed by atoms with Crippen molar-refractivity contribution < 1.29 is 13.2 Å². The Morgan fingerprint density at radius 1 is 1.60 bits per heavy atom. The van der Waals surface area contributed by atoms with Crippen LogP contribution in [0.5, 0.6) is 0 Å². The lowest BCUT2D eigenvalue weighted by Crippen LogP contribution is -2.26. The Labute approximate surface area is 59.6 Å². The molecule has 0 saturated carbocycles. The highest BCUT2D eigenvalue weighted by Crippen LogP contribution is 1.76. The van der Waals surface area contributed by atoms with Gasteiger partial charge in [-0.05, 0) is 0 Å². The number of carbonyl (C=O) groups is 1. The summed E-state index contributed by atoms with van der Waals surface area (Å²) in [6.07, 6.45) is 1.06. The van der Waals surface area contributed by atoms with Gasteiger partial charge in [-0.3, -0.25) is 4.79 Å². The van der Waals surface area contributed by atoms with E-state index in [1.54, 1.807) is 0 Å². The maximum absolute atomic E-state index is 10.3. The van der Waals surface area contributed by atoms with E-state index in [4.69, 9.17) is 5.73 Å².